The second-order valence-corrected chi connectivity index (χ2v) is 5.46. The van der Waals surface area contributed by atoms with E-state index in [0.717, 1.165) is 31.6 Å². The number of pyridine rings is 1. The van der Waals surface area contributed by atoms with Crippen LogP contribution >= 0.6 is 23.2 Å². The van der Waals surface area contributed by atoms with Crippen molar-refractivity contribution < 1.29 is 5.11 Å². The largest absolute Gasteiger partial charge is 0.393 e. The lowest BCUT2D eigenvalue weighted by Gasteiger charge is -2.34. The van der Waals surface area contributed by atoms with Crippen LogP contribution in [0.1, 0.15) is 18.9 Å². The minimum Gasteiger partial charge on any atom is -0.393 e. The third-order valence-corrected chi connectivity index (χ3v) is 3.79. The van der Waals surface area contributed by atoms with Crippen LogP contribution in [0.2, 0.25) is 10.2 Å². The maximum Gasteiger partial charge on any atom is 0.130 e. The fourth-order valence-corrected chi connectivity index (χ4v) is 2.58. The van der Waals surface area contributed by atoms with Gasteiger partial charge in [-0.05, 0) is 18.4 Å². The van der Waals surface area contributed by atoms with Gasteiger partial charge < -0.3 is 5.11 Å². The number of halogens is 2. The molecule has 94 valence electrons. The summed E-state index contributed by atoms with van der Waals surface area (Å²) in [4.78, 5) is 6.33. The van der Waals surface area contributed by atoms with Crippen LogP contribution in [0.5, 0.6) is 0 Å². The smallest absolute Gasteiger partial charge is 0.130 e. The van der Waals surface area contributed by atoms with Crippen molar-refractivity contribution in [2.75, 3.05) is 13.1 Å². The Morgan fingerprint density at radius 3 is 2.94 bits per heavy atom. The zero-order chi connectivity index (χ0) is 12.4. The van der Waals surface area contributed by atoms with Gasteiger partial charge in [-0.1, -0.05) is 30.1 Å². The topological polar surface area (TPSA) is 36.4 Å². The average Bonchev–Trinajstić information content (AvgIpc) is 2.27. The second kappa shape index (κ2) is 5.53. The van der Waals surface area contributed by atoms with Crippen LogP contribution in [0.4, 0.5) is 0 Å². The fourth-order valence-electron chi connectivity index (χ4n) is 2.16. The number of aliphatic hydroxyl groups excluding tert-OH is 1. The van der Waals surface area contributed by atoms with Crippen LogP contribution in [0.3, 0.4) is 0 Å². The van der Waals surface area contributed by atoms with Gasteiger partial charge >= 0.3 is 0 Å². The Labute approximate surface area is 111 Å². The zero-order valence-electron chi connectivity index (χ0n) is 9.74. The first-order valence-corrected chi connectivity index (χ1v) is 6.52. The van der Waals surface area contributed by atoms with Crippen LogP contribution in [0.25, 0.3) is 0 Å². The molecule has 2 rings (SSSR count). The molecule has 0 aromatic carbocycles. The minimum atomic E-state index is -0.176. The highest BCUT2D eigenvalue weighted by Gasteiger charge is 2.24. The number of nitrogens with zero attached hydrogens (tertiary/aromatic N) is 2. The summed E-state index contributed by atoms with van der Waals surface area (Å²) in [7, 11) is 0. The molecule has 5 heteroatoms. The molecule has 3 nitrogen and oxygen atoms in total. The zero-order valence-corrected chi connectivity index (χ0v) is 11.2. The van der Waals surface area contributed by atoms with Crippen LogP contribution in [-0.2, 0) is 6.54 Å². The van der Waals surface area contributed by atoms with Crippen molar-refractivity contribution >= 4 is 23.2 Å². The quantitative estimate of drug-likeness (QED) is 0.843. The number of aromatic nitrogens is 1. The third kappa shape index (κ3) is 3.32. The molecule has 1 aliphatic heterocycles. The third-order valence-electron chi connectivity index (χ3n) is 3.23. The van der Waals surface area contributed by atoms with Crippen LogP contribution in [0.15, 0.2) is 12.3 Å². The average molecular weight is 275 g/mol. The van der Waals surface area contributed by atoms with Gasteiger partial charge in [0.2, 0.25) is 0 Å². The Morgan fingerprint density at radius 1 is 1.53 bits per heavy atom. The van der Waals surface area contributed by atoms with Crippen molar-refractivity contribution in [2.45, 2.75) is 26.0 Å². The molecule has 0 radical (unpaired) electrons. The number of likely N-dealkylation sites (tertiary alicyclic amines) is 1. The summed E-state index contributed by atoms with van der Waals surface area (Å²) in [6, 6.07) is 1.67. The molecule has 0 saturated carbocycles. The van der Waals surface area contributed by atoms with E-state index in [1.165, 1.54) is 0 Å². The van der Waals surface area contributed by atoms with Gasteiger partial charge in [-0.25, -0.2) is 4.98 Å². The minimum absolute atomic E-state index is 0.176. The molecule has 2 unspecified atom stereocenters. The van der Waals surface area contributed by atoms with E-state index in [9.17, 15) is 5.11 Å². The molecule has 1 aromatic heterocycles. The van der Waals surface area contributed by atoms with Gasteiger partial charge in [-0.15, -0.1) is 0 Å². The van der Waals surface area contributed by atoms with Crippen molar-refractivity contribution in [1.82, 2.24) is 9.88 Å². The Bertz CT molecular complexity index is 400. The summed E-state index contributed by atoms with van der Waals surface area (Å²) in [6.45, 7) is 4.61. The molecular formula is C12H16Cl2N2O. The Morgan fingerprint density at radius 2 is 2.29 bits per heavy atom. The summed E-state index contributed by atoms with van der Waals surface area (Å²) in [6.07, 6.45) is 2.37. The number of aliphatic hydroxyl groups is 1. The highest BCUT2D eigenvalue weighted by atomic mass is 35.5. The van der Waals surface area contributed by atoms with E-state index in [-0.39, 0.29) is 6.10 Å². The van der Waals surface area contributed by atoms with E-state index >= 15 is 0 Å². The van der Waals surface area contributed by atoms with E-state index < -0.39 is 0 Å². The van der Waals surface area contributed by atoms with Crippen LogP contribution < -0.4 is 0 Å². The van der Waals surface area contributed by atoms with Gasteiger partial charge in [0, 0.05) is 36.4 Å². The molecule has 0 aliphatic carbocycles. The summed E-state index contributed by atoms with van der Waals surface area (Å²) in [5, 5.41) is 10.7. The summed E-state index contributed by atoms with van der Waals surface area (Å²) >= 11 is 11.9. The van der Waals surface area contributed by atoms with Gasteiger partial charge in [0.15, 0.2) is 0 Å². The molecule has 0 spiro atoms. The molecule has 1 aromatic rings. The number of hydrogen-bond acceptors (Lipinski definition) is 3. The molecule has 0 amide bonds. The Hall–Kier alpha value is -0.350. The predicted octanol–water partition coefficient (Wildman–Crippen LogP) is 2.59. The van der Waals surface area contributed by atoms with E-state index in [4.69, 9.17) is 23.2 Å². The number of piperidine rings is 1. The predicted molar refractivity (Wildman–Crippen MR) is 69.3 cm³/mol. The Kier molecular flexibility index (Phi) is 4.26. The van der Waals surface area contributed by atoms with Crippen molar-refractivity contribution in [2.24, 2.45) is 5.92 Å². The highest BCUT2D eigenvalue weighted by Crippen LogP contribution is 2.23. The van der Waals surface area contributed by atoms with Gasteiger partial charge in [0.25, 0.3) is 0 Å². The van der Waals surface area contributed by atoms with E-state index in [1.54, 1.807) is 12.3 Å². The molecule has 1 aliphatic rings. The van der Waals surface area contributed by atoms with E-state index in [0.29, 0.717) is 16.1 Å². The maximum atomic E-state index is 9.67. The van der Waals surface area contributed by atoms with Crippen molar-refractivity contribution in [3.05, 3.63) is 28.0 Å². The van der Waals surface area contributed by atoms with Crippen molar-refractivity contribution in [3.8, 4) is 0 Å². The first kappa shape index (κ1) is 13.1. The van der Waals surface area contributed by atoms with Gasteiger partial charge in [-0.3, -0.25) is 4.90 Å². The first-order valence-electron chi connectivity index (χ1n) is 5.76. The van der Waals surface area contributed by atoms with Gasteiger partial charge in [0.1, 0.15) is 5.15 Å². The summed E-state index contributed by atoms with van der Waals surface area (Å²) in [5.74, 6) is 0.308. The molecule has 1 saturated heterocycles. The molecule has 1 N–H and O–H groups in total. The highest BCUT2D eigenvalue weighted by molar-refractivity contribution is 6.34. The molecule has 2 atom stereocenters. The molecular weight excluding hydrogens is 259 g/mol. The van der Waals surface area contributed by atoms with E-state index in [2.05, 4.69) is 16.8 Å². The fraction of sp³-hybridized carbons (Fsp3) is 0.583. The SMILES string of the molecule is CC1CN(Cc2cnc(Cl)cc2Cl)CCC1O. The molecule has 2 heterocycles. The van der Waals surface area contributed by atoms with E-state index in [1.807, 2.05) is 0 Å². The van der Waals surface area contributed by atoms with Gasteiger partial charge in [-0.2, -0.15) is 0 Å². The molecule has 0 bridgehead atoms. The maximum absolute atomic E-state index is 9.67. The number of hydrogen-bond donors (Lipinski definition) is 1. The lowest BCUT2D eigenvalue weighted by Crippen LogP contribution is -2.41. The summed E-state index contributed by atoms with van der Waals surface area (Å²) in [5.41, 5.74) is 0.986. The lowest BCUT2D eigenvalue weighted by molar-refractivity contribution is 0.0320. The lowest BCUT2D eigenvalue weighted by atomic mass is 9.96. The number of rotatable bonds is 2. The van der Waals surface area contributed by atoms with Crippen LogP contribution in [-0.4, -0.2) is 34.2 Å². The Balaban J connectivity index is 2.01. The van der Waals surface area contributed by atoms with Crippen LogP contribution in [0, 0.1) is 5.92 Å². The standard InChI is InChI=1S/C12H16Cl2N2O/c1-8-6-16(3-2-11(8)17)7-9-5-15-12(14)4-10(9)13/h4-5,8,11,17H,2-3,6-7H2,1H3. The normalized spacial score (nSPS) is 26.1. The van der Waals surface area contributed by atoms with Gasteiger partial charge in [0.05, 0.1) is 6.10 Å². The van der Waals surface area contributed by atoms with Crippen molar-refractivity contribution in [3.63, 3.8) is 0 Å². The summed E-state index contributed by atoms with van der Waals surface area (Å²) < 4.78 is 0. The molecule has 17 heavy (non-hydrogen) atoms. The van der Waals surface area contributed by atoms with Crippen molar-refractivity contribution in [1.29, 1.82) is 0 Å². The molecule has 1 fully saturated rings. The second-order valence-electron chi connectivity index (χ2n) is 4.67. The first-order chi connectivity index (χ1) is 8.06. The monoisotopic (exact) mass is 274 g/mol.